The van der Waals surface area contributed by atoms with Crippen LogP contribution in [0.5, 0.6) is 0 Å². The van der Waals surface area contributed by atoms with Crippen LogP contribution in [0.25, 0.3) is 0 Å². The van der Waals surface area contributed by atoms with Crippen molar-refractivity contribution in [3.05, 3.63) is 35.9 Å². The highest BCUT2D eigenvalue weighted by atomic mass is 31.0. The molecule has 0 saturated heterocycles. The second kappa shape index (κ2) is 3.24. The summed E-state index contributed by atoms with van der Waals surface area (Å²) in [5, 5.41) is 0. The number of hydrogen-bond donors (Lipinski definition) is 0. The molecule has 3 heteroatoms. The minimum Gasteiger partial charge on any atom is -0.475 e. The summed E-state index contributed by atoms with van der Waals surface area (Å²) in [6, 6.07) is 9.95. The molecule has 62 valence electrons. The fourth-order valence-corrected chi connectivity index (χ4v) is 1.36. The van der Waals surface area contributed by atoms with E-state index in [0.29, 0.717) is 6.61 Å². The van der Waals surface area contributed by atoms with Gasteiger partial charge in [0, 0.05) is 5.56 Å². The zero-order chi connectivity index (χ0) is 8.39. The second-order valence-electron chi connectivity index (χ2n) is 2.68. The quantitative estimate of drug-likeness (QED) is 0.601. The summed E-state index contributed by atoms with van der Waals surface area (Å²) in [6.45, 7) is 0.675. The molecule has 1 heterocycles. The van der Waals surface area contributed by atoms with Gasteiger partial charge in [-0.05, 0) is 12.1 Å². The summed E-state index contributed by atoms with van der Waals surface area (Å²) in [4.78, 5) is 4.32. The summed E-state index contributed by atoms with van der Waals surface area (Å²) >= 11 is 0. The number of nitrogens with zero attached hydrogens (tertiary/aromatic N) is 1. The van der Waals surface area contributed by atoms with Gasteiger partial charge in [0.15, 0.2) is 0 Å². The highest BCUT2D eigenvalue weighted by molar-refractivity contribution is 7.17. The molecule has 0 amide bonds. The third-order valence-corrected chi connectivity index (χ3v) is 2.04. The van der Waals surface area contributed by atoms with Crippen LogP contribution >= 0.6 is 9.24 Å². The van der Waals surface area contributed by atoms with Crippen LogP contribution in [0.15, 0.2) is 35.3 Å². The fraction of sp³-hybridized carbons (Fsp3) is 0.222. The Labute approximate surface area is 73.9 Å². The molecule has 0 radical (unpaired) electrons. The summed E-state index contributed by atoms with van der Waals surface area (Å²) < 4.78 is 5.38. The van der Waals surface area contributed by atoms with Gasteiger partial charge < -0.3 is 4.74 Å². The molecule has 12 heavy (non-hydrogen) atoms. The first-order chi connectivity index (χ1) is 5.86. The van der Waals surface area contributed by atoms with E-state index in [1.165, 1.54) is 0 Å². The maximum absolute atomic E-state index is 5.38. The molecule has 0 saturated carbocycles. The third kappa shape index (κ3) is 1.49. The standard InChI is InChI=1S/C9H10NOP/c12-8-6-11-9(10-8)7-4-2-1-3-5-7/h1-5,8H,6,12H2. The predicted octanol–water partition coefficient (Wildman–Crippen LogP) is 1.66. The van der Waals surface area contributed by atoms with E-state index in [1.54, 1.807) is 0 Å². The number of rotatable bonds is 1. The second-order valence-corrected chi connectivity index (χ2v) is 3.45. The van der Waals surface area contributed by atoms with Gasteiger partial charge in [-0.25, -0.2) is 4.99 Å². The molecule has 0 aliphatic carbocycles. The van der Waals surface area contributed by atoms with Crippen LogP contribution in [0, 0.1) is 0 Å². The lowest BCUT2D eigenvalue weighted by Gasteiger charge is -1.98. The molecule has 1 aromatic carbocycles. The molecule has 0 aromatic heterocycles. The SMILES string of the molecule is PC1COC(c2ccccc2)=N1. The Bertz CT molecular complexity index is 297. The van der Waals surface area contributed by atoms with E-state index in [4.69, 9.17) is 4.74 Å². The molecule has 0 fully saturated rings. The monoisotopic (exact) mass is 179 g/mol. The Kier molecular flexibility index (Phi) is 2.09. The molecule has 0 N–H and O–H groups in total. The van der Waals surface area contributed by atoms with Crippen molar-refractivity contribution in [3.8, 4) is 0 Å². The molecule has 2 unspecified atom stereocenters. The van der Waals surface area contributed by atoms with Crippen molar-refractivity contribution >= 4 is 15.1 Å². The van der Waals surface area contributed by atoms with Crippen LogP contribution in [0.3, 0.4) is 0 Å². The molecule has 0 bridgehead atoms. The Balaban J connectivity index is 2.27. The normalized spacial score (nSPS) is 21.8. The molecule has 2 atom stereocenters. The van der Waals surface area contributed by atoms with E-state index in [9.17, 15) is 0 Å². The van der Waals surface area contributed by atoms with Gasteiger partial charge in [-0.2, -0.15) is 0 Å². The molecule has 2 rings (SSSR count). The molecule has 2 nitrogen and oxygen atoms in total. The fourth-order valence-electron chi connectivity index (χ4n) is 1.13. The van der Waals surface area contributed by atoms with Gasteiger partial charge >= 0.3 is 0 Å². The minimum atomic E-state index is 0.222. The van der Waals surface area contributed by atoms with E-state index in [2.05, 4.69) is 14.2 Å². The molecular weight excluding hydrogens is 169 g/mol. The average molecular weight is 179 g/mol. The topological polar surface area (TPSA) is 21.6 Å². The first-order valence-corrected chi connectivity index (χ1v) is 4.54. The van der Waals surface area contributed by atoms with Gasteiger partial charge in [-0.3, -0.25) is 0 Å². The van der Waals surface area contributed by atoms with Crippen molar-refractivity contribution in [3.63, 3.8) is 0 Å². The van der Waals surface area contributed by atoms with Crippen molar-refractivity contribution in [2.24, 2.45) is 4.99 Å². The maximum Gasteiger partial charge on any atom is 0.216 e. The van der Waals surface area contributed by atoms with Crippen LogP contribution in [-0.4, -0.2) is 18.3 Å². The Morgan fingerprint density at radius 3 is 2.67 bits per heavy atom. The third-order valence-electron chi connectivity index (χ3n) is 1.69. The van der Waals surface area contributed by atoms with Crippen LogP contribution in [-0.2, 0) is 4.74 Å². The van der Waals surface area contributed by atoms with Crippen molar-refractivity contribution in [2.75, 3.05) is 6.61 Å². The largest absolute Gasteiger partial charge is 0.475 e. The smallest absolute Gasteiger partial charge is 0.216 e. The summed E-state index contributed by atoms with van der Waals surface area (Å²) in [6.07, 6.45) is 0. The Morgan fingerprint density at radius 2 is 2.08 bits per heavy atom. The van der Waals surface area contributed by atoms with Gasteiger partial charge in [0.1, 0.15) is 12.4 Å². The first kappa shape index (κ1) is 7.75. The lowest BCUT2D eigenvalue weighted by atomic mass is 10.2. The van der Waals surface area contributed by atoms with Crippen molar-refractivity contribution in [1.82, 2.24) is 0 Å². The lowest BCUT2D eigenvalue weighted by molar-refractivity contribution is 0.341. The predicted molar refractivity (Wildman–Crippen MR) is 52.4 cm³/mol. The minimum absolute atomic E-state index is 0.222. The molecule has 0 spiro atoms. The number of ether oxygens (including phenoxy) is 1. The van der Waals surface area contributed by atoms with Crippen LogP contribution < -0.4 is 0 Å². The van der Waals surface area contributed by atoms with Crippen LogP contribution in [0.1, 0.15) is 5.56 Å². The van der Waals surface area contributed by atoms with E-state index in [0.717, 1.165) is 11.5 Å². The van der Waals surface area contributed by atoms with E-state index in [1.807, 2.05) is 30.3 Å². The average Bonchev–Trinajstić information content (AvgIpc) is 2.54. The number of hydrogen-bond acceptors (Lipinski definition) is 2. The van der Waals surface area contributed by atoms with Crippen molar-refractivity contribution in [2.45, 2.75) is 5.78 Å². The lowest BCUT2D eigenvalue weighted by Crippen LogP contribution is -2.00. The Hall–Kier alpha value is -0.880. The number of benzene rings is 1. The molecule has 1 aliphatic rings. The first-order valence-electron chi connectivity index (χ1n) is 3.88. The van der Waals surface area contributed by atoms with Crippen molar-refractivity contribution < 1.29 is 4.74 Å². The van der Waals surface area contributed by atoms with Gasteiger partial charge in [0.25, 0.3) is 0 Å². The zero-order valence-electron chi connectivity index (χ0n) is 6.60. The van der Waals surface area contributed by atoms with E-state index >= 15 is 0 Å². The summed E-state index contributed by atoms with van der Waals surface area (Å²) in [5.41, 5.74) is 1.06. The Morgan fingerprint density at radius 1 is 1.33 bits per heavy atom. The van der Waals surface area contributed by atoms with Crippen LogP contribution in [0.4, 0.5) is 0 Å². The van der Waals surface area contributed by atoms with E-state index < -0.39 is 0 Å². The van der Waals surface area contributed by atoms with Crippen molar-refractivity contribution in [1.29, 1.82) is 0 Å². The highest BCUT2D eigenvalue weighted by Crippen LogP contribution is 2.15. The molecular formula is C9H10NOP. The zero-order valence-corrected chi connectivity index (χ0v) is 7.76. The highest BCUT2D eigenvalue weighted by Gasteiger charge is 2.15. The molecule has 1 aromatic rings. The van der Waals surface area contributed by atoms with Gasteiger partial charge in [-0.15, -0.1) is 9.24 Å². The summed E-state index contributed by atoms with van der Waals surface area (Å²) in [7, 11) is 2.63. The van der Waals surface area contributed by atoms with Gasteiger partial charge in [0.05, 0.1) is 0 Å². The van der Waals surface area contributed by atoms with Gasteiger partial charge in [-0.1, -0.05) is 18.2 Å². The summed E-state index contributed by atoms with van der Waals surface area (Å²) in [5.74, 6) is 0.982. The maximum atomic E-state index is 5.38. The van der Waals surface area contributed by atoms with E-state index in [-0.39, 0.29) is 5.78 Å². The van der Waals surface area contributed by atoms with Gasteiger partial charge in [0.2, 0.25) is 5.90 Å². The molecule has 1 aliphatic heterocycles. The van der Waals surface area contributed by atoms with Crippen LogP contribution in [0.2, 0.25) is 0 Å². The number of aliphatic imine (C=N–C) groups is 1.